The topological polar surface area (TPSA) is 117 Å². The molecule has 8 nitrogen and oxygen atoms in total. The molecule has 41 heavy (non-hydrogen) atoms. The zero-order valence-electron chi connectivity index (χ0n) is 23.3. The summed E-state index contributed by atoms with van der Waals surface area (Å²) in [7, 11) is 0. The molecule has 3 aromatic rings. The van der Waals surface area contributed by atoms with Crippen LogP contribution in [0.5, 0.6) is 0 Å². The van der Waals surface area contributed by atoms with E-state index in [2.05, 4.69) is 16.0 Å². The third kappa shape index (κ3) is 10.9. The van der Waals surface area contributed by atoms with Crippen LogP contribution in [0.25, 0.3) is 0 Å². The molecule has 0 radical (unpaired) electrons. The summed E-state index contributed by atoms with van der Waals surface area (Å²) in [6, 6.07) is 23.1. The minimum Gasteiger partial charge on any atom is -0.445 e. The van der Waals surface area contributed by atoms with Crippen LogP contribution in [-0.4, -0.2) is 41.7 Å². The number of amides is 3. The second-order valence-corrected chi connectivity index (χ2v) is 10.8. The Labute approximate surface area is 246 Å². The van der Waals surface area contributed by atoms with Gasteiger partial charge in [-0.1, -0.05) is 104 Å². The minimum absolute atomic E-state index is 0.0313. The van der Waals surface area contributed by atoms with Crippen molar-refractivity contribution >= 4 is 30.0 Å². The van der Waals surface area contributed by atoms with Gasteiger partial charge in [0, 0.05) is 5.02 Å². The molecule has 3 rings (SSSR count). The van der Waals surface area contributed by atoms with E-state index in [1.54, 1.807) is 24.3 Å². The Morgan fingerprint density at radius 3 is 2.07 bits per heavy atom. The molecule has 3 unspecified atom stereocenters. The van der Waals surface area contributed by atoms with E-state index in [0.29, 0.717) is 29.7 Å². The molecule has 0 spiro atoms. The zero-order valence-corrected chi connectivity index (χ0v) is 24.1. The van der Waals surface area contributed by atoms with Crippen LogP contribution in [0, 0.1) is 5.92 Å². The van der Waals surface area contributed by atoms with Gasteiger partial charge in [-0.3, -0.25) is 0 Å². The number of aldehydes is 1. The van der Waals surface area contributed by atoms with Crippen LogP contribution in [0.1, 0.15) is 49.4 Å². The van der Waals surface area contributed by atoms with E-state index in [1.165, 1.54) is 0 Å². The molecular weight excluding hydrogens is 542 g/mol. The van der Waals surface area contributed by atoms with Crippen molar-refractivity contribution in [3.63, 3.8) is 0 Å². The van der Waals surface area contributed by atoms with Gasteiger partial charge in [0.05, 0.1) is 24.2 Å². The smallest absolute Gasteiger partial charge is 0.407 e. The first-order valence-corrected chi connectivity index (χ1v) is 14.1. The van der Waals surface area contributed by atoms with E-state index >= 15 is 0 Å². The summed E-state index contributed by atoms with van der Waals surface area (Å²) < 4.78 is 5.41. The maximum atomic E-state index is 12.9. The van der Waals surface area contributed by atoms with Gasteiger partial charge in [-0.15, -0.1) is 0 Å². The maximum Gasteiger partial charge on any atom is 0.407 e. The van der Waals surface area contributed by atoms with Crippen LogP contribution in [0.4, 0.5) is 9.59 Å². The lowest BCUT2D eigenvalue weighted by atomic mass is 9.93. The summed E-state index contributed by atoms with van der Waals surface area (Å²) >= 11 is 6.48. The number of carbonyl (C=O) groups is 3. The van der Waals surface area contributed by atoms with Crippen LogP contribution in [0.3, 0.4) is 0 Å². The van der Waals surface area contributed by atoms with Crippen molar-refractivity contribution < 1.29 is 24.2 Å². The zero-order chi connectivity index (χ0) is 29.6. The van der Waals surface area contributed by atoms with Crippen molar-refractivity contribution in [3.05, 3.63) is 107 Å². The number of alkyl carbamates (subject to hydrolysis) is 1. The minimum atomic E-state index is -1.10. The predicted octanol–water partition coefficient (Wildman–Crippen LogP) is 5.58. The van der Waals surface area contributed by atoms with E-state index in [9.17, 15) is 19.5 Å². The van der Waals surface area contributed by atoms with Crippen LogP contribution in [-0.2, 0) is 22.6 Å². The molecule has 9 heteroatoms. The fourth-order valence-corrected chi connectivity index (χ4v) is 4.79. The third-order valence-electron chi connectivity index (χ3n) is 6.55. The summed E-state index contributed by atoms with van der Waals surface area (Å²) in [5, 5.41) is 20.2. The van der Waals surface area contributed by atoms with Gasteiger partial charge < -0.3 is 30.6 Å². The van der Waals surface area contributed by atoms with E-state index in [4.69, 9.17) is 16.3 Å². The first-order valence-electron chi connectivity index (χ1n) is 13.7. The number of rotatable bonds is 14. The van der Waals surface area contributed by atoms with Gasteiger partial charge in [0.15, 0.2) is 0 Å². The molecule has 0 bridgehead atoms. The largest absolute Gasteiger partial charge is 0.445 e. The third-order valence-corrected chi connectivity index (χ3v) is 6.89. The highest BCUT2D eigenvalue weighted by atomic mass is 35.5. The normalized spacial score (nSPS) is 13.9. The second kappa shape index (κ2) is 16.4. The van der Waals surface area contributed by atoms with Gasteiger partial charge in [-0.25, -0.2) is 9.59 Å². The maximum absolute atomic E-state index is 12.9. The molecule has 0 saturated carbocycles. The molecule has 0 fully saturated rings. The summed E-state index contributed by atoms with van der Waals surface area (Å²) in [6.45, 7) is 4.01. The number of halogens is 1. The molecule has 218 valence electrons. The highest BCUT2D eigenvalue weighted by molar-refractivity contribution is 6.31. The van der Waals surface area contributed by atoms with Gasteiger partial charge >= 0.3 is 12.1 Å². The molecule has 3 amide bonds. The Morgan fingerprint density at radius 1 is 0.854 bits per heavy atom. The average Bonchev–Trinajstić information content (AvgIpc) is 2.96. The Bertz CT molecular complexity index is 1240. The van der Waals surface area contributed by atoms with Crippen molar-refractivity contribution in [1.29, 1.82) is 0 Å². The monoisotopic (exact) mass is 579 g/mol. The lowest BCUT2D eigenvalue weighted by molar-refractivity contribution is -0.109. The number of carbonyl (C=O) groups excluding carboxylic acids is 3. The van der Waals surface area contributed by atoms with Crippen LogP contribution < -0.4 is 16.0 Å². The van der Waals surface area contributed by atoms with Gasteiger partial charge in [0.2, 0.25) is 0 Å². The Morgan fingerprint density at radius 2 is 1.46 bits per heavy atom. The van der Waals surface area contributed by atoms with Gasteiger partial charge in [-0.05, 0) is 47.9 Å². The van der Waals surface area contributed by atoms with Crippen molar-refractivity contribution in [2.24, 2.45) is 5.92 Å². The molecule has 0 heterocycles. The molecule has 0 aliphatic carbocycles. The molecule has 0 saturated heterocycles. The number of urea groups is 1. The first kappa shape index (κ1) is 31.6. The summed E-state index contributed by atoms with van der Waals surface area (Å²) in [5.41, 5.74) is 2.34. The molecule has 4 atom stereocenters. The van der Waals surface area contributed by atoms with Gasteiger partial charge in [-0.2, -0.15) is 0 Å². The molecule has 0 aliphatic rings. The predicted molar refractivity (Wildman–Crippen MR) is 159 cm³/mol. The molecule has 0 aromatic heterocycles. The number of benzene rings is 3. The quantitative estimate of drug-likeness (QED) is 0.186. The number of nitrogens with one attached hydrogen (secondary N) is 3. The number of aliphatic hydroxyl groups is 1. The van der Waals surface area contributed by atoms with Gasteiger partial charge in [0.1, 0.15) is 12.9 Å². The lowest BCUT2D eigenvalue weighted by Gasteiger charge is -2.29. The van der Waals surface area contributed by atoms with E-state index in [0.717, 1.165) is 11.1 Å². The molecule has 0 aliphatic heterocycles. The summed E-state index contributed by atoms with van der Waals surface area (Å²) in [5.74, 6) is 0.207. The molecule has 3 aromatic carbocycles. The SMILES string of the molecule is CC(C)C[C@@H](C=O)NC(=O)NC(CC(O)C(Cc1ccccc1)NC(=O)OCc1ccccc1)c1ccccc1Cl. The molecular formula is C32H38ClN3O5. The van der Waals surface area contributed by atoms with Crippen LogP contribution >= 0.6 is 11.6 Å². The van der Waals surface area contributed by atoms with E-state index in [1.807, 2.05) is 74.5 Å². The Balaban J connectivity index is 1.77. The van der Waals surface area contributed by atoms with Crippen molar-refractivity contribution in [1.82, 2.24) is 16.0 Å². The fourth-order valence-electron chi connectivity index (χ4n) is 4.52. The van der Waals surface area contributed by atoms with Crippen molar-refractivity contribution in [3.8, 4) is 0 Å². The highest BCUT2D eigenvalue weighted by Gasteiger charge is 2.28. The first-order chi connectivity index (χ1) is 19.7. The Hall–Kier alpha value is -3.88. The van der Waals surface area contributed by atoms with Crippen molar-refractivity contribution in [2.45, 2.75) is 63.9 Å². The summed E-state index contributed by atoms with van der Waals surface area (Å²) in [4.78, 5) is 37.2. The van der Waals surface area contributed by atoms with Crippen LogP contribution in [0.2, 0.25) is 5.02 Å². The Kier molecular flexibility index (Phi) is 12.7. The standard InChI is InChI=1S/C32H38ClN3O5/c1-22(2)17-25(20-37)34-31(39)35-28(26-15-9-10-16-27(26)33)19-30(38)29(18-23-11-5-3-6-12-23)36-32(40)41-21-24-13-7-4-8-14-24/h3-16,20,22,25,28-30,38H,17-19,21H2,1-2H3,(H,36,40)(H2,34,35,39)/t25-,28?,29?,30?/m0/s1. The highest BCUT2D eigenvalue weighted by Crippen LogP contribution is 2.27. The number of hydrogen-bond donors (Lipinski definition) is 4. The second-order valence-electron chi connectivity index (χ2n) is 10.4. The fraction of sp³-hybridized carbons (Fsp3) is 0.344. The van der Waals surface area contributed by atoms with Crippen molar-refractivity contribution in [2.75, 3.05) is 0 Å². The average molecular weight is 580 g/mol. The van der Waals surface area contributed by atoms with E-state index in [-0.39, 0.29) is 18.9 Å². The molecule has 4 N–H and O–H groups in total. The van der Waals surface area contributed by atoms with E-state index < -0.39 is 36.4 Å². The lowest BCUT2D eigenvalue weighted by Crippen LogP contribution is -2.48. The van der Waals surface area contributed by atoms with Gasteiger partial charge in [0.25, 0.3) is 0 Å². The number of aliphatic hydroxyl groups excluding tert-OH is 1. The number of hydrogen-bond acceptors (Lipinski definition) is 5. The number of ether oxygens (including phenoxy) is 1. The summed E-state index contributed by atoms with van der Waals surface area (Å²) in [6.07, 6.45) is -0.214. The van der Waals surface area contributed by atoms with Crippen LogP contribution in [0.15, 0.2) is 84.9 Å².